The fourth-order valence-electron chi connectivity index (χ4n) is 3.41. The maximum atomic E-state index is 12.7. The first-order valence-electron chi connectivity index (χ1n) is 7.91. The molecular weight excluding hydrogens is 252 g/mol. The molecule has 1 aliphatic carbocycles. The van der Waals surface area contributed by atoms with Gasteiger partial charge in [0.05, 0.1) is 0 Å². The molecule has 4 nitrogen and oxygen atoms in total. The second-order valence-corrected chi connectivity index (χ2v) is 5.87. The van der Waals surface area contributed by atoms with Gasteiger partial charge in [-0.15, -0.1) is 0 Å². The van der Waals surface area contributed by atoms with Crippen molar-refractivity contribution in [2.45, 2.75) is 64.5 Å². The molecule has 2 amide bonds. The van der Waals surface area contributed by atoms with Gasteiger partial charge in [0.2, 0.25) is 11.8 Å². The van der Waals surface area contributed by atoms with Gasteiger partial charge in [0, 0.05) is 6.54 Å². The number of nitrogens with zero attached hydrogens (tertiary/aromatic N) is 1. The summed E-state index contributed by atoms with van der Waals surface area (Å²) in [5, 5.41) is 2.99. The molecule has 1 saturated heterocycles. The van der Waals surface area contributed by atoms with Gasteiger partial charge in [0.1, 0.15) is 12.1 Å². The number of hydrogen-bond acceptors (Lipinski definition) is 2. The molecule has 1 saturated carbocycles. The van der Waals surface area contributed by atoms with Crippen LogP contribution in [0, 0.1) is 5.92 Å². The highest BCUT2D eigenvalue weighted by atomic mass is 16.2. The van der Waals surface area contributed by atoms with E-state index in [-0.39, 0.29) is 23.9 Å². The average molecular weight is 278 g/mol. The van der Waals surface area contributed by atoms with Gasteiger partial charge in [0.15, 0.2) is 0 Å². The number of piperazine rings is 1. The van der Waals surface area contributed by atoms with Crippen LogP contribution >= 0.6 is 0 Å². The van der Waals surface area contributed by atoms with Crippen LogP contribution in [0.2, 0.25) is 0 Å². The fourth-order valence-corrected chi connectivity index (χ4v) is 3.41. The summed E-state index contributed by atoms with van der Waals surface area (Å²) >= 11 is 0. The van der Waals surface area contributed by atoms with Gasteiger partial charge in [-0.3, -0.25) is 9.59 Å². The highest BCUT2D eigenvalue weighted by Crippen LogP contribution is 2.29. The normalized spacial score (nSPS) is 29.0. The van der Waals surface area contributed by atoms with E-state index in [1.807, 2.05) is 26.0 Å². The van der Waals surface area contributed by atoms with Gasteiger partial charge in [0.25, 0.3) is 0 Å². The number of rotatable bonds is 4. The monoisotopic (exact) mass is 278 g/mol. The molecule has 0 aromatic carbocycles. The lowest BCUT2D eigenvalue weighted by Crippen LogP contribution is -2.65. The molecule has 0 radical (unpaired) electrons. The number of hydrogen-bond donors (Lipinski definition) is 1. The molecule has 1 aliphatic heterocycles. The molecular formula is C16H26N2O2. The third-order valence-electron chi connectivity index (χ3n) is 4.57. The molecule has 20 heavy (non-hydrogen) atoms. The minimum Gasteiger partial charge on any atom is -0.342 e. The molecule has 0 aromatic heterocycles. The van der Waals surface area contributed by atoms with Crippen molar-refractivity contribution < 1.29 is 9.59 Å². The Morgan fingerprint density at radius 3 is 2.55 bits per heavy atom. The van der Waals surface area contributed by atoms with Gasteiger partial charge in [-0.2, -0.15) is 0 Å². The molecule has 1 N–H and O–H groups in total. The van der Waals surface area contributed by atoms with Crippen LogP contribution in [-0.2, 0) is 9.59 Å². The average Bonchev–Trinajstić information content (AvgIpc) is 2.48. The van der Waals surface area contributed by atoms with Crippen LogP contribution in [0.4, 0.5) is 0 Å². The van der Waals surface area contributed by atoms with Crippen molar-refractivity contribution in [2.24, 2.45) is 5.92 Å². The summed E-state index contributed by atoms with van der Waals surface area (Å²) in [5.74, 6) is 0.458. The molecule has 0 spiro atoms. The van der Waals surface area contributed by atoms with Gasteiger partial charge in [-0.05, 0) is 32.1 Å². The summed E-state index contributed by atoms with van der Waals surface area (Å²) in [7, 11) is 0. The molecule has 2 fully saturated rings. The van der Waals surface area contributed by atoms with Crippen LogP contribution in [0.15, 0.2) is 12.2 Å². The van der Waals surface area contributed by atoms with Gasteiger partial charge in [-0.1, -0.05) is 38.3 Å². The van der Waals surface area contributed by atoms with E-state index in [1.54, 1.807) is 4.90 Å². The summed E-state index contributed by atoms with van der Waals surface area (Å²) < 4.78 is 0. The Morgan fingerprint density at radius 1 is 1.25 bits per heavy atom. The Balaban J connectivity index is 2.14. The summed E-state index contributed by atoms with van der Waals surface area (Å²) in [6.07, 6.45) is 10.3. The van der Waals surface area contributed by atoms with Crippen molar-refractivity contribution in [1.82, 2.24) is 10.2 Å². The lowest BCUT2D eigenvalue weighted by atomic mass is 9.82. The Morgan fingerprint density at radius 2 is 1.95 bits per heavy atom. The summed E-state index contributed by atoms with van der Waals surface area (Å²) in [5.41, 5.74) is 0. The van der Waals surface area contributed by atoms with E-state index in [1.165, 1.54) is 19.3 Å². The smallest absolute Gasteiger partial charge is 0.246 e. The number of allylic oxidation sites excluding steroid dienone is 1. The van der Waals surface area contributed by atoms with Crippen LogP contribution in [0.25, 0.3) is 0 Å². The zero-order valence-corrected chi connectivity index (χ0v) is 12.6. The highest BCUT2D eigenvalue weighted by molar-refractivity contribution is 5.97. The second kappa shape index (κ2) is 6.91. The van der Waals surface area contributed by atoms with E-state index in [0.717, 1.165) is 12.8 Å². The highest BCUT2D eigenvalue weighted by Gasteiger charge is 2.42. The van der Waals surface area contributed by atoms with E-state index in [9.17, 15) is 9.59 Å². The third kappa shape index (κ3) is 3.05. The van der Waals surface area contributed by atoms with Crippen LogP contribution in [0.5, 0.6) is 0 Å². The predicted octanol–water partition coefficient (Wildman–Crippen LogP) is 2.25. The van der Waals surface area contributed by atoms with Gasteiger partial charge < -0.3 is 10.2 Å². The minimum atomic E-state index is -0.307. The molecule has 0 aromatic rings. The predicted molar refractivity (Wildman–Crippen MR) is 79.1 cm³/mol. The van der Waals surface area contributed by atoms with E-state index >= 15 is 0 Å². The molecule has 2 rings (SSSR count). The Labute approximate surface area is 121 Å². The Bertz CT molecular complexity index is 386. The zero-order chi connectivity index (χ0) is 14.5. The molecule has 2 unspecified atom stereocenters. The number of amides is 2. The number of nitrogens with one attached hydrogen (secondary N) is 1. The first-order valence-corrected chi connectivity index (χ1v) is 7.91. The summed E-state index contributed by atoms with van der Waals surface area (Å²) in [6, 6.07) is -0.602. The van der Waals surface area contributed by atoms with Crippen molar-refractivity contribution in [3.8, 4) is 0 Å². The van der Waals surface area contributed by atoms with E-state index < -0.39 is 0 Å². The first kappa shape index (κ1) is 15.1. The SMILES string of the molecule is C/C=C/CN1C(=O)C(C2CCCCC2)NC(=O)C1CC. The van der Waals surface area contributed by atoms with Crippen LogP contribution in [0.1, 0.15) is 52.4 Å². The molecule has 2 aliphatic rings. The van der Waals surface area contributed by atoms with Gasteiger partial charge >= 0.3 is 0 Å². The number of carbonyl (C=O) groups excluding carboxylic acids is 2. The van der Waals surface area contributed by atoms with E-state index in [2.05, 4.69) is 5.32 Å². The lowest BCUT2D eigenvalue weighted by Gasteiger charge is -2.41. The number of carbonyl (C=O) groups is 2. The Kier molecular flexibility index (Phi) is 5.21. The summed E-state index contributed by atoms with van der Waals surface area (Å²) in [4.78, 5) is 26.8. The van der Waals surface area contributed by atoms with E-state index in [0.29, 0.717) is 18.9 Å². The maximum absolute atomic E-state index is 12.7. The van der Waals surface area contributed by atoms with E-state index in [4.69, 9.17) is 0 Å². The summed E-state index contributed by atoms with van der Waals surface area (Å²) in [6.45, 7) is 4.44. The van der Waals surface area contributed by atoms with Crippen molar-refractivity contribution in [2.75, 3.05) is 6.54 Å². The Hall–Kier alpha value is -1.32. The molecule has 1 heterocycles. The molecule has 4 heteroatoms. The largest absolute Gasteiger partial charge is 0.342 e. The fraction of sp³-hybridized carbons (Fsp3) is 0.750. The van der Waals surface area contributed by atoms with Crippen molar-refractivity contribution >= 4 is 11.8 Å². The molecule has 2 atom stereocenters. The van der Waals surface area contributed by atoms with Crippen LogP contribution in [-0.4, -0.2) is 35.3 Å². The zero-order valence-electron chi connectivity index (χ0n) is 12.6. The van der Waals surface area contributed by atoms with Crippen LogP contribution < -0.4 is 5.32 Å². The minimum absolute atomic E-state index is 0.0205. The van der Waals surface area contributed by atoms with Crippen molar-refractivity contribution in [3.63, 3.8) is 0 Å². The standard InChI is InChI=1S/C16H26N2O2/c1-3-5-11-18-13(4-2)15(19)17-14(16(18)20)12-9-7-6-8-10-12/h3,5,12-14H,4,6-11H2,1-2H3,(H,17,19)/b5-3+. The maximum Gasteiger partial charge on any atom is 0.246 e. The van der Waals surface area contributed by atoms with Crippen LogP contribution in [0.3, 0.4) is 0 Å². The van der Waals surface area contributed by atoms with Gasteiger partial charge in [-0.25, -0.2) is 0 Å². The quantitative estimate of drug-likeness (QED) is 0.802. The molecule has 0 bridgehead atoms. The third-order valence-corrected chi connectivity index (χ3v) is 4.57. The van der Waals surface area contributed by atoms with Crippen molar-refractivity contribution in [1.29, 1.82) is 0 Å². The molecule has 112 valence electrons. The topological polar surface area (TPSA) is 49.4 Å². The first-order chi connectivity index (χ1) is 9.69. The lowest BCUT2D eigenvalue weighted by molar-refractivity contribution is -0.150. The van der Waals surface area contributed by atoms with Crippen molar-refractivity contribution in [3.05, 3.63) is 12.2 Å². The second-order valence-electron chi connectivity index (χ2n) is 5.87.